The van der Waals surface area contributed by atoms with Crippen LogP contribution in [0, 0.1) is 16.0 Å². The molecule has 26 heavy (non-hydrogen) atoms. The van der Waals surface area contributed by atoms with Crippen molar-refractivity contribution < 1.29 is 19.3 Å². The summed E-state index contributed by atoms with van der Waals surface area (Å²) in [5.74, 6) is -2.47. The third-order valence-electron chi connectivity index (χ3n) is 3.83. The van der Waals surface area contributed by atoms with Crippen molar-refractivity contribution in [3.8, 4) is 0 Å². The Hall–Kier alpha value is -3.75. The summed E-state index contributed by atoms with van der Waals surface area (Å²) in [6, 6.07) is 13.0. The molecule has 0 spiro atoms. The van der Waals surface area contributed by atoms with Gasteiger partial charge in [0.25, 0.3) is 5.69 Å². The number of nitro groups is 1. The molecule has 0 bridgehead atoms. The van der Waals surface area contributed by atoms with Gasteiger partial charge in [0.05, 0.1) is 10.6 Å². The first-order chi connectivity index (χ1) is 12.5. The van der Waals surface area contributed by atoms with E-state index >= 15 is 0 Å². The lowest BCUT2D eigenvalue weighted by Crippen LogP contribution is -2.58. The Morgan fingerprint density at radius 1 is 1.15 bits per heavy atom. The fraction of sp³-hybridized carbons (Fsp3) is 0.118. The van der Waals surface area contributed by atoms with Crippen molar-refractivity contribution in [2.75, 3.05) is 16.8 Å². The van der Waals surface area contributed by atoms with Crippen LogP contribution in [0.4, 0.5) is 21.9 Å². The molecule has 1 unspecified atom stereocenters. The lowest BCUT2D eigenvalue weighted by molar-refractivity contribution is -0.384. The first kappa shape index (κ1) is 17.1. The number of carbonyl (C=O) groups excluding carboxylic acids is 3. The predicted octanol–water partition coefficient (Wildman–Crippen LogP) is 1.91. The minimum absolute atomic E-state index is 0.151. The smallest absolute Gasteiger partial charge is 0.328 e. The Bertz CT molecular complexity index is 884. The largest absolute Gasteiger partial charge is 0.336 e. The molecule has 2 aromatic rings. The van der Waals surface area contributed by atoms with Crippen LogP contribution in [0.5, 0.6) is 0 Å². The molecule has 1 atom stereocenters. The number of non-ortho nitro benzene ring substituents is 1. The summed E-state index contributed by atoms with van der Waals surface area (Å²) in [7, 11) is 0. The van der Waals surface area contributed by atoms with E-state index in [0.29, 0.717) is 5.69 Å². The molecule has 3 rings (SSSR count). The molecule has 4 amide bonds. The van der Waals surface area contributed by atoms with Crippen molar-refractivity contribution in [3.05, 3.63) is 64.7 Å². The molecule has 1 fully saturated rings. The van der Waals surface area contributed by atoms with Crippen molar-refractivity contribution in [2.24, 2.45) is 5.92 Å². The highest BCUT2D eigenvalue weighted by molar-refractivity contribution is 6.23. The number of urea groups is 1. The number of imide groups is 1. The normalized spacial score (nSPS) is 16.8. The number of nitrogens with zero attached hydrogens (tertiary/aromatic N) is 2. The summed E-state index contributed by atoms with van der Waals surface area (Å²) in [5, 5.41) is 15.8. The van der Waals surface area contributed by atoms with Gasteiger partial charge in [0.15, 0.2) is 0 Å². The lowest BCUT2D eigenvalue weighted by atomic mass is 10.0. The van der Waals surface area contributed by atoms with Gasteiger partial charge in [0.1, 0.15) is 5.92 Å². The Kier molecular flexibility index (Phi) is 4.61. The second-order valence-corrected chi connectivity index (χ2v) is 5.54. The Morgan fingerprint density at radius 3 is 2.58 bits per heavy atom. The molecule has 1 aliphatic heterocycles. The van der Waals surface area contributed by atoms with Gasteiger partial charge >= 0.3 is 6.03 Å². The molecule has 0 saturated carbocycles. The molecule has 132 valence electrons. The average molecular weight is 354 g/mol. The quantitative estimate of drug-likeness (QED) is 0.493. The second kappa shape index (κ2) is 7.01. The van der Waals surface area contributed by atoms with E-state index < -0.39 is 28.7 Å². The maximum absolute atomic E-state index is 12.6. The van der Waals surface area contributed by atoms with E-state index in [-0.39, 0.29) is 17.9 Å². The van der Waals surface area contributed by atoms with E-state index in [0.717, 1.165) is 4.90 Å². The van der Waals surface area contributed by atoms with Gasteiger partial charge < -0.3 is 10.6 Å². The topological polar surface area (TPSA) is 122 Å². The molecule has 1 saturated heterocycles. The minimum Gasteiger partial charge on any atom is -0.336 e. The molecular formula is C17H14N4O5. The molecule has 2 N–H and O–H groups in total. The third-order valence-corrected chi connectivity index (χ3v) is 3.83. The van der Waals surface area contributed by atoms with Crippen molar-refractivity contribution >= 4 is 34.9 Å². The number of para-hydroxylation sites is 1. The maximum Gasteiger partial charge on any atom is 0.328 e. The summed E-state index contributed by atoms with van der Waals surface area (Å²) in [6.45, 7) is -0.151. The Labute approximate surface area is 147 Å². The van der Waals surface area contributed by atoms with Crippen LogP contribution in [-0.2, 0) is 9.59 Å². The predicted molar refractivity (Wildman–Crippen MR) is 92.5 cm³/mol. The number of hydrogen-bond acceptors (Lipinski definition) is 5. The van der Waals surface area contributed by atoms with Gasteiger partial charge in [-0.25, -0.2) is 9.69 Å². The van der Waals surface area contributed by atoms with E-state index in [4.69, 9.17) is 0 Å². The SMILES string of the molecule is O=C(Nc1cccc([N+](=O)[O-])c1)C1CNC(=O)N(c2ccccc2)C1=O. The van der Waals surface area contributed by atoms with Gasteiger partial charge in [0.2, 0.25) is 11.8 Å². The molecule has 1 heterocycles. The Balaban J connectivity index is 1.79. The molecule has 0 aromatic heterocycles. The number of hydrogen-bond donors (Lipinski definition) is 2. The number of anilines is 2. The number of nitrogens with one attached hydrogen (secondary N) is 2. The van der Waals surface area contributed by atoms with E-state index in [2.05, 4.69) is 10.6 Å². The first-order valence-corrected chi connectivity index (χ1v) is 7.69. The fourth-order valence-corrected chi connectivity index (χ4v) is 2.56. The van der Waals surface area contributed by atoms with Gasteiger partial charge in [-0.05, 0) is 18.2 Å². The minimum atomic E-state index is -1.15. The van der Waals surface area contributed by atoms with Gasteiger partial charge in [-0.2, -0.15) is 0 Å². The zero-order chi connectivity index (χ0) is 18.7. The molecular weight excluding hydrogens is 340 g/mol. The summed E-state index contributed by atoms with van der Waals surface area (Å²) >= 11 is 0. The number of carbonyl (C=O) groups is 3. The number of amides is 4. The van der Waals surface area contributed by atoms with E-state index in [1.165, 1.54) is 24.3 Å². The van der Waals surface area contributed by atoms with Crippen LogP contribution in [0.15, 0.2) is 54.6 Å². The van der Waals surface area contributed by atoms with Gasteiger partial charge in [0, 0.05) is 24.4 Å². The highest BCUT2D eigenvalue weighted by Gasteiger charge is 2.39. The van der Waals surface area contributed by atoms with Gasteiger partial charge in [-0.1, -0.05) is 24.3 Å². The molecule has 9 nitrogen and oxygen atoms in total. The molecule has 9 heteroatoms. The third kappa shape index (κ3) is 3.36. The highest BCUT2D eigenvalue weighted by atomic mass is 16.6. The van der Waals surface area contributed by atoms with Gasteiger partial charge in [-0.3, -0.25) is 19.7 Å². The summed E-state index contributed by atoms with van der Waals surface area (Å²) in [4.78, 5) is 48.3. The standard InChI is InChI=1S/C17H14N4O5/c22-15(19-11-5-4-8-13(9-11)21(25)26)14-10-18-17(24)20(16(14)23)12-6-2-1-3-7-12/h1-9,14H,10H2,(H,18,24)(H,19,22). The van der Waals surface area contributed by atoms with E-state index in [9.17, 15) is 24.5 Å². The van der Waals surface area contributed by atoms with Crippen molar-refractivity contribution in [1.82, 2.24) is 5.32 Å². The monoisotopic (exact) mass is 354 g/mol. The van der Waals surface area contributed by atoms with Crippen LogP contribution < -0.4 is 15.5 Å². The second-order valence-electron chi connectivity index (χ2n) is 5.54. The lowest BCUT2D eigenvalue weighted by Gasteiger charge is -2.30. The number of rotatable bonds is 4. The maximum atomic E-state index is 12.6. The van der Waals surface area contributed by atoms with Crippen LogP contribution in [0.1, 0.15) is 0 Å². The summed E-state index contributed by atoms with van der Waals surface area (Å²) < 4.78 is 0. The molecule has 1 aliphatic rings. The molecule has 0 aliphatic carbocycles. The molecule has 0 radical (unpaired) electrons. The van der Waals surface area contributed by atoms with Crippen LogP contribution in [-0.4, -0.2) is 29.3 Å². The van der Waals surface area contributed by atoms with Crippen LogP contribution in [0.25, 0.3) is 0 Å². The van der Waals surface area contributed by atoms with E-state index in [1.54, 1.807) is 30.3 Å². The number of benzene rings is 2. The Morgan fingerprint density at radius 2 is 1.88 bits per heavy atom. The molecule has 2 aromatic carbocycles. The van der Waals surface area contributed by atoms with E-state index in [1.807, 2.05) is 0 Å². The fourth-order valence-electron chi connectivity index (χ4n) is 2.56. The zero-order valence-corrected chi connectivity index (χ0v) is 13.4. The summed E-state index contributed by atoms with van der Waals surface area (Å²) in [6.07, 6.45) is 0. The average Bonchev–Trinajstić information content (AvgIpc) is 2.63. The first-order valence-electron chi connectivity index (χ1n) is 7.69. The van der Waals surface area contributed by atoms with Crippen LogP contribution in [0.3, 0.4) is 0 Å². The number of nitro benzene ring substituents is 1. The van der Waals surface area contributed by atoms with Crippen molar-refractivity contribution in [1.29, 1.82) is 0 Å². The van der Waals surface area contributed by atoms with Crippen molar-refractivity contribution in [2.45, 2.75) is 0 Å². The highest BCUT2D eigenvalue weighted by Crippen LogP contribution is 2.22. The van der Waals surface area contributed by atoms with Crippen LogP contribution >= 0.6 is 0 Å². The van der Waals surface area contributed by atoms with Crippen molar-refractivity contribution in [3.63, 3.8) is 0 Å². The summed E-state index contributed by atoms with van der Waals surface area (Å²) in [5.41, 5.74) is 0.361. The zero-order valence-electron chi connectivity index (χ0n) is 13.4. The van der Waals surface area contributed by atoms with Crippen LogP contribution in [0.2, 0.25) is 0 Å². The van der Waals surface area contributed by atoms with Gasteiger partial charge in [-0.15, -0.1) is 0 Å².